The first-order chi connectivity index (χ1) is 8.10. The van der Waals surface area contributed by atoms with E-state index in [1.54, 1.807) is 37.5 Å². The third-order valence-electron chi connectivity index (χ3n) is 2.23. The SMILES string of the molecule is C=C/C=C(\C(=C)N)C(=O)c1ccc(OC)cc1. The molecule has 0 aromatic heterocycles. The zero-order valence-electron chi connectivity index (χ0n) is 9.77. The Morgan fingerprint density at radius 1 is 1.35 bits per heavy atom. The van der Waals surface area contributed by atoms with Crippen molar-refractivity contribution in [2.24, 2.45) is 5.73 Å². The molecule has 3 nitrogen and oxygen atoms in total. The van der Waals surface area contributed by atoms with E-state index in [4.69, 9.17) is 10.5 Å². The normalized spacial score (nSPS) is 10.8. The summed E-state index contributed by atoms with van der Waals surface area (Å²) >= 11 is 0. The van der Waals surface area contributed by atoms with Gasteiger partial charge in [0.1, 0.15) is 5.75 Å². The molecule has 0 amide bonds. The van der Waals surface area contributed by atoms with Crippen molar-refractivity contribution in [3.05, 3.63) is 66.4 Å². The van der Waals surface area contributed by atoms with Crippen LogP contribution in [-0.4, -0.2) is 12.9 Å². The first-order valence-electron chi connectivity index (χ1n) is 5.06. The fourth-order valence-electron chi connectivity index (χ4n) is 1.34. The molecule has 0 fully saturated rings. The molecule has 0 atom stereocenters. The maximum absolute atomic E-state index is 12.1. The molecule has 0 spiro atoms. The minimum absolute atomic E-state index is 0.181. The number of Topliss-reactive ketones (excluding diaryl/α,β-unsaturated/α-hetero) is 1. The van der Waals surface area contributed by atoms with Crippen LogP contribution in [0.4, 0.5) is 0 Å². The number of ether oxygens (including phenoxy) is 1. The number of methoxy groups -OCH3 is 1. The lowest BCUT2D eigenvalue weighted by Gasteiger charge is -2.06. The van der Waals surface area contributed by atoms with Gasteiger partial charge in [-0.25, -0.2) is 0 Å². The monoisotopic (exact) mass is 229 g/mol. The fraction of sp³-hybridized carbons (Fsp3) is 0.0714. The smallest absolute Gasteiger partial charge is 0.195 e. The Morgan fingerprint density at radius 2 is 1.94 bits per heavy atom. The van der Waals surface area contributed by atoms with Gasteiger partial charge < -0.3 is 10.5 Å². The molecule has 1 rings (SSSR count). The summed E-state index contributed by atoms with van der Waals surface area (Å²) in [6.07, 6.45) is 3.06. The van der Waals surface area contributed by atoms with E-state index in [0.717, 1.165) is 0 Å². The number of ketones is 1. The van der Waals surface area contributed by atoms with E-state index >= 15 is 0 Å². The Bertz CT molecular complexity index is 470. The van der Waals surface area contributed by atoms with Crippen molar-refractivity contribution in [2.45, 2.75) is 0 Å². The Balaban J connectivity index is 3.06. The van der Waals surface area contributed by atoms with E-state index in [-0.39, 0.29) is 11.5 Å². The van der Waals surface area contributed by atoms with Crippen LogP contribution >= 0.6 is 0 Å². The summed E-state index contributed by atoms with van der Waals surface area (Å²) in [5.74, 6) is 0.516. The van der Waals surface area contributed by atoms with Gasteiger partial charge in [0.15, 0.2) is 5.78 Å². The average Bonchev–Trinajstić information content (AvgIpc) is 2.35. The molecule has 1 aromatic rings. The van der Waals surface area contributed by atoms with Crippen molar-refractivity contribution in [1.82, 2.24) is 0 Å². The van der Waals surface area contributed by atoms with Crippen LogP contribution in [0.2, 0.25) is 0 Å². The zero-order valence-corrected chi connectivity index (χ0v) is 9.77. The summed E-state index contributed by atoms with van der Waals surface area (Å²) in [6.45, 7) is 7.11. The molecule has 17 heavy (non-hydrogen) atoms. The molecule has 0 saturated carbocycles. The predicted octanol–water partition coefficient (Wildman–Crippen LogP) is 2.46. The van der Waals surface area contributed by atoms with Crippen LogP contribution in [0.3, 0.4) is 0 Å². The Morgan fingerprint density at radius 3 is 2.35 bits per heavy atom. The van der Waals surface area contributed by atoms with E-state index < -0.39 is 0 Å². The van der Waals surface area contributed by atoms with Crippen LogP contribution in [0.5, 0.6) is 5.75 Å². The predicted molar refractivity (Wildman–Crippen MR) is 68.9 cm³/mol. The van der Waals surface area contributed by atoms with Crippen LogP contribution < -0.4 is 10.5 Å². The van der Waals surface area contributed by atoms with E-state index in [9.17, 15) is 4.79 Å². The van der Waals surface area contributed by atoms with Crippen molar-refractivity contribution < 1.29 is 9.53 Å². The van der Waals surface area contributed by atoms with Gasteiger partial charge in [-0.15, -0.1) is 0 Å². The van der Waals surface area contributed by atoms with Crippen LogP contribution in [0.1, 0.15) is 10.4 Å². The third-order valence-corrected chi connectivity index (χ3v) is 2.23. The molecular weight excluding hydrogens is 214 g/mol. The minimum Gasteiger partial charge on any atom is -0.497 e. The molecule has 0 aliphatic heterocycles. The highest BCUT2D eigenvalue weighted by Crippen LogP contribution is 2.16. The van der Waals surface area contributed by atoms with Crippen molar-refractivity contribution in [1.29, 1.82) is 0 Å². The topological polar surface area (TPSA) is 52.3 Å². The molecule has 0 heterocycles. The molecular formula is C14H15NO2. The third kappa shape index (κ3) is 3.08. The fourth-order valence-corrected chi connectivity index (χ4v) is 1.34. The average molecular weight is 229 g/mol. The van der Waals surface area contributed by atoms with Gasteiger partial charge in [-0.3, -0.25) is 4.79 Å². The standard InChI is InChI=1S/C14H15NO2/c1-4-5-13(10(2)15)14(16)11-6-8-12(17-3)9-7-11/h4-9H,1-2,15H2,3H3/b13-5+. The molecule has 1 aromatic carbocycles. The summed E-state index contributed by atoms with van der Waals surface area (Å²) < 4.78 is 5.02. The first-order valence-corrected chi connectivity index (χ1v) is 5.06. The van der Waals surface area contributed by atoms with Gasteiger partial charge in [0.25, 0.3) is 0 Å². The van der Waals surface area contributed by atoms with Gasteiger partial charge in [0, 0.05) is 16.8 Å². The summed E-state index contributed by atoms with van der Waals surface area (Å²) in [5.41, 5.74) is 6.67. The van der Waals surface area contributed by atoms with Crippen molar-refractivity contribution in [3.8, 4) is 5.75 Å². The second-order valence-electron chi connectivity index (χ2n) is 3.40. The van der Waals surface area contributed by atoms with Gasteiger partial charge in [-0.1, -0.05) is 19.2 Å². The van der Waals surface area contributed by atoms with Crippen LogP contribution in [0, 0.1) is 0 Å². The largest absolute Gasteiger partial charge is 0.497 e. The number of allylic oxidation sites excluding steroid dienone is 3. The van der Waals surface area contributed by atoms with E-state index in [2.05, 4.69) is 13.2 Å². The maximum Gasteiger partial charge on any atom is 0.195 e. The van der Waals surface area contributed by atoms with Crippen molar-refractivity contribution >= 4 is 5.78 Å². The van der Waals surface area contributed by atoms with Gasteiger partial charge in [0.05, 0.1) is 7.11 Å². The second-order valence-corrected chi connectivity index (χ2v) is 3.40. The molecule has 0 aliphatic rings. The summed E-state index contributed by atoms with van der Waals surface area (Å²) in [7, 11) is 1.57. The first kappa shape index (κ1) is 12.8. The van der Waals surface area contributed by atoms with Crippen molar-refractivity contribution in [3.63, 3.8) is 0 Å². The number of hydrogen-bond donors (Lipinski definition) is 1. The molecule has 0 radical (unpaired) electrons. The van der Waals surface area contributed by atoms with Gasteiger partial charge in [-0.2, -0.15) is 0 Å². The summed E-state index contributed by atoms with van der Waals surface area (Å²) in [4.78, 5) is 12.1. The number of nitrogens with two attached hydrogens (primary N) is 1. The highest BCUT2D eigenvalue weighted by Gasteiger charge is 2.12. The van der Waals surface area contributed by atoms with Crippen LogP contribution in [-0.2, 0) is 0 Å². The van der Waals surface area contributed by atoms with Crippen molar-refractivity contribution in [2.75, 3.05) is 7.11 Å². The van der Waals surface area contributed by atoms with Crippen LogP contribution in [0.25, 0.3) is 0 Å². The van der Waals surface area contributed by atoms with Crippen LogP contribution in [0.15, 0.2) is 60.8 Å². The Labute approximate surface area is 101 Å². The highest BCUT2D eigenvalue weighted by atomic mass is 16.5. The quantitative estimate of drug-likeness (QED) is 0.479. The summed E-state index contributed by atoms with van der Waals surface area (Å²) in [6, 6.07) is 6.80. The summed E-state index contributed by atoms with van der Waals surface area (Å²) in [5, 5.41) is 0. The molecule has 0 unspecified atom stereocenters. The highest BCUT2D eigenvalue weighted by molar-refractivity contribution is 6.11. The lowest BCUT2D eigenvalue weighted by molar-refractivity contribution is 0.103. The Hall–Kier alpha value is -2.29. The van der Waals surface area contributed by atoms with E-state index in [1.807, 2.05) is 0 Å². The Kier molecular flexibility index (Phi) is 4.29. The molecule has 2 N–H and O–H groups in total. The van der Waals surface area contributed by atoms with Gasteiger partial charge in [-0.05, 0) is 30.3 Å². The number of carbonyl (C=O) groups excluding carboxylic acids is 1. The lowest BCUT2D eigenvalue weighted by atomic mass is 10.0. The van der Waals surface area contributed by atoms with E-state index in [0.29, 0.717) is 16.9 Å². The zero-order chi connectivity index (χ0) is 12.8. The van der Waals surface area contributed by atoms with Gasteiger partial charge >= 0.3 is 0 Å². The number of benzene rings is 1. The molecule has 88 valence electrons. The lowest BCUT2D eigenvalue weighted by Crippen LogP contribution is -2.10. The molecule has 0 aliphatic carbocycles. The number of carbonyl (C=O) groups is 1. The molecule has 3 heteroatoms. The van der Waals surface area contributed by atoms with Gasteiger partial charge in [0.2, 0.25) is 0 Å². The van der Waals surface area contributed by atoms with E-state index in [1.165, 1.54) is 6.08 Å². The minimum atomic E-state index is -0.181. The number of rotatable bonds is 5. The molecule has 0 saturated heterocycles. The molecule has 0 bridgehead atoms. The maximum atomic E-state index is 12.1. The number of hydrogen-bond acceptors (Lipinski definition) is 3. The second kappa shape index (κ2) is 5.70.